The van der Waals surface area contributed by atoms with Gasteiger partial charge in [-0.2, -0.15) is 17.7 Å². The van der Waals surface area contributed by atoms with Crippen LogP contribution in [0.1, 0.15) is 5.56 Å². The molecule has 1 N–H and O–H groups in total. The maximum absolute atomic E-state index is 8.44. The molecule has 1 aromatic carbocycles. The summed E-state index contributed by atoms with van der Waals surface area (Å²) in [5, 5.41) is 8.44. The summed E-state index contributed by atoms with van der Waals surface area (Å²) < 4.78 is 0. The molecule has 0 saturated carbocycles. The Labute approximate surface area is 67.2 Å². The van der Waals surface area contributed by atoms with Crippen molar-refractivity contribution in [3.05, 3.63) is 29.8 Å². The summed E-state index contributed by atoms with van der Waals surface area (Å²) >= 11 is 0. The van der Waals surface area contributed by atoms with Crippen LogP contribution in [0.2, 0.25) is 0 Å². The summed E-state index contributed by atoms with van der Waals surface area (Å²) in [5.74, 6) is 0. The minimum absolute atomic E-state index is 0. The van der Waals surface area contributed by atoms with Crippen molar-refractivity contribution >= 4 is 0 Å². The molecule has 1 aromatic rings. The van der Waals surface area contributed by atoms with E-state index in [0.717, 1.165) is 6.42 Å². The minimum Gasteiger partial charge on any atom is -0.397 e. The zero-order chi connectivity index (χ0) is 5.82. The molecule has 2 heteroatoms. The monoisotopic (exact) mass is 116 g/mol. The third-order valence-corrected chi connectivity index (χ3v) is 1.13. The van der Waals surface area contributed by atoms with Gasteiger partial charge in [-0.05, 0) is 0 Å². The molecule has 0 heterocycles. The van der Waals surface area contributed by atoms with Crippen LogP contribution in [0, 0.1) is 0 Å². The fourth-order valence-electron chi connectivity index (χ4n) is 0.710. The van der Waals surface area contributed by atoms with Gasteiger partial charge in [-0.15, -0.1) is 0 Å². The SMILES string of the molecule is OCC[c-]1cccc1.[Li+]. The molecule has 0 aromatic heterocycles. The van der Waals surface area contributed by atoms with Gasteiger partial charge in [0.15, 0.2) is 0 Å². The predicted octanol–water partition coefficient (Wildman–Crippen LogP) is -2.06. The summed E-state index contributed by atoms with van der Waals surface area (Å²) in [7, 11) is 0. The molecule has 0 fully saturated rings. The van der Waals surface area contributed by atoms with Crippen LogP contribution in [-0.2, 0) is 6.42 Å². The van der Waals surface area contributed by atoms with Crippen LogP contribution >= 0.6 is 0 Å². The zero-order valence-corrected chi connectivity index (χ0v) is 5.67. The molecule has 0 unspecified atom stereocenters. The summed E-state index contributed by atoms with van der Waals surface area (Å²) in [6.45, 7) is 0.254. The van der Waals surface area contributed by atoms with E-state index in [1.165, 1.54) is 5.56 Å². The van der Waals surface area contributed by atoms with Crippen molar-refractivity contribution in [1.29, 1.82) is 0 Å². The maximum atomic E-state index is 8.44. The van der Waals surface area contributed by atoms with Gasteiger partial charge in [0, 0.05) is 6.61 Å². The largest absolute Gasteiger partial charge is 1.00 e. The number of aliphatic hydroxyl groups is 1. The molecular weight excluding hydrogens is 107 g/mol. The van der Waals surface area contributed by atoms with E-state index in [9.17, 15) is 0 Å². The Morgan fingerprint density at radius 2 is 1.78 bits per heavy atom. The van der Waals surface area contributed by atoms with Gasteiger partial charge in [-0.1, -0.05) is 6.42 Å². The van der Waals surface area contributed by atoms with E-state index < -0.39 is 0 Å². The molecule has 44 valence electrons. The number of hydrogen-bond acceptors (Lipinski definition) is 1. The molecule has 0 radical (unpaired) electrons. The zero-order valence-electron chi connectivity index (χ0n) is 5.67. The van der Waals surface area contributed by atoms with Crippen LogP contribution in [0.3, 0.4) is 0 Å². The Kier molecular flexibility index (Phi) is 4.71. The molecule has 0 aliphatic heterocycles. The van der Waals surface area contributed by atoms with Crippen molar-refractivity contribution < 1.29 is 24.0 Å². The molecular formula is C7H9LiO. The molecule has 0 saturated heterocycles. The van der Waals surface area contributed by atoms with Gasteiger partial charge in [0.1, 0.15) is 0 Å². The average molecular weight is 116 g/mol. The van der Waals surface area contributed by atoms with Crippen molar-refractivity contribution in [3.8, 4) is 0 Å². The van der Waals surface area contributed by atoms with Crippen molar-refractivity contribution in [2.75, 3.05) is 6.61 Å². The molecule has 0 bridgehead atoms. The topological polar surface area (TPSA) is 20.2 Å². The van der Waals surface area contributed by atoms with Gasteiger partial charge in [0.25, 0.3) is 0 Å². The quantitative estimate of drug-likeness (QED) is 0.348. The fraction of sp³-hybridized carbons (Fsp3) is 0.286. The Morgan fingerprint density at radius 3 is 2.22 bits per heavy atom. The van der Waals surface area contributed by atoms with Crippen LogP contribution in [-0.4, -0.2) is 11.7 Å². The molecule has 0 atom stereocenters. The normalized spacial score (nSPS) is 8.56. The maximum Gasteiger partial charge on any atom is 1.00 e. The first-order valence-corrected chi connectivity index (χ1v) is 2.75. The number of rotatable bonds is 2. The minimum atomic E-state index is 0. The van der Waals surface area contributed by atoms with Crippen molar-refractivity contribution in [2.24, 2.45) is 0 Å². The summed E-state index contributed by atoms with van der Waals surface area (Å²) in [6, 6.07) is 7.97. The van der Waals surface area contributed by atoms with Crippen molar-refractivity contribution in [1.82, 2.24) is 0 Å². The Morgan fingerprint density at radius 1 is 1.22 bits per heavy atom. The van der Waals surface area contributed by atoms with E-state index >= 15 is 0 Å². The van der Waals surface area contributed by atoms with Crippen LogP contribution in [0.5, 0.6) is 0 Å². The molecule has 1 rings (SSSR count). The van der Waals surface area contributed by atoms with Gasteiger partial charge >= 0.3 is 18.9 Å². The van der Waals surface area contributed by atoms with Gasteiger partial charge in [-0.3, -0.25) is 0 Å². The summed E-state index contributed by atoms with van der Waals surface area (Å²) in [4.78, 5) is 0. The predicted molar refractivity (Wildman–Crippen MR) is 32.8 cm³/mol. The molecule has 0 aliphatic rings. The Hall–Kier alpha value is -0.0926. The van der Waals surface area contributed by atoms with Gasteiger partial charge in [-0.25, -0.2) is 12.1 Å². The fourth-order valence-corrected chi connectivity index (χ4v) is 0.710. The third kappa shape index (κ3) is 2.81. The third-order valence-electron chi connectivity index (χ3n) is 1.13. The van der Waals surface area contributed by atoms with Crippen LogP contribution in [0.25, 0.3) is 0 Å². The van der Waals surface area contributed by atoms with Crippen molar-refractivity contribution in [3.63, 3.8) is 0 Å². The molecule has 0 amide bonds. The van der Waals surface area contributed by atoms with Crippen LogP contribution < -0.4 is 18.9 Å². The summed E-state index contributed by atoms with van der Waals surface area (Å²) in [6.07, 6.45) is 0.785. The number of hydrogen-bond donors (Lipinski definition) is 1. The van der Waals surface area contributed by atoms with E-state index in [4.69, 9.17) is 5.11 Å². The van der Waals surface area contributed by atoms with E-state index in [0.29, 0.717) is 0 Å². The van der Waals surface area contributed by atoms with Gasteiger partial charge < -0.3 is 5.11 Å². The molecule has 9 heavy (non-hydrogen) atoms. The first-order valence-electron chi connectivity index (χ1n) is 2.75. The van der Waals surface area contributed by atoms with E-state index in [1.54, 1.807) is 0 Å². The van der Waals surface area contributed by atoms with E-state index in [2.05, 4.69) is 0 Å². The number of aliphatic hydroxyl groups excluding tert-OH is 1. The van der Waals surface area contributed by atoms with Crippen LogP contribution in [0.4, 0.5) is 0 Å². The molecule has 1 nitrogen and oxygen atoms in total. The second-order valence-corrected chi connectivity index (χ2v) is 1.77. The second-order valence-electron chi connectivity index (χ2n) is 1.77. The first kappa shape index (κ1) is 8.91. The van der Waals surface area contributed by atoms with Crippen molar-refractivity contribution in [2.45, 2.75) is 6.42 Å². The van der Waals surface area contributed by atoms with Gasteiger partial charge in [0.2, 0.25) is 0 Å². The van der Waals surface area contributed by atoms with Gasteiger partial charge in [0.05, 0.1) is 0 Å². The molecule has 0 spiro atoms. The molecule has 0 aliphatic carbocycles. The van der Waals surface area contributed by atoms with E-state index in [1.807, 2.05) is 24.3 Å². The van der Waals surface area contributed by atoms with Crippen LogP contribution in [0.15, 0.2) is 24.3 Å². The standard InChI is InChI=1S/C7H9O.Li/c8-6-5-7-3-1-2-4-7;/h1-4,8H,5-6H2;/q-1;+1. The first-order chi connectivity index (χ1) is 3.93. The Bertz CT molecular complexity index is 135. The smallest absolute Gasteiger partial charge is 0.397 e. The second kappa shape index (κ2) is 4.76. The van der Waals surface area contributed by atoms with E-state index in [-0.39, 0.29) is 25.5 Å². The average Bonchev–Trinajstić information content (AvgIpc) is 2.19. The Balaban J connectivity index is 0.000000640. The summed E-state index contributed by atoms with van der Waals surface area (Å²) in [5.41, 5.74) is 1.22.